The van der Waals surface area contributed by atoms with Crippen LogP contribution in [0.15, 0.2) is 0 Å². The van der Waals surface area contributed by atoms with Crippen molar-refractivity contribution in [2.24, 2.45) is 0 Å². The van der Waals surface area contributed by atoms with Crippen molar-refractivity contribution in [2.75, 3.05) is 11.5 Å². The molecular formula is C11H18N2O3S. The van der Waals surface area contributed by atoms with Gasteiger partial charge in [0.05, 0.1) is 23.2 Å². The molecule has 2 saturated heterocycles. The number of sulfone groups is 1. The van der Waals surface area contributed by atoms with Crippen LogP contribution in [0.3, 0.4) is 0 Å². The van der Waals surface area contributed by atoms with Gasteiger partial charge in [-0.05, 0) is 25.7 Å². The van der Waals surface area contributed by atoms with Crippen molar-refractivity contribution in [3.8, 4) is 0 Å². The third kappa shape index (κ3) is 1.69. The lowest BCUT2D eigenvalue weighted by Gasteiger charge is -2.28. The zero-order valence-corrected chi connectivity index (χ0v) is 10.8. The van der Waals surface area contributed by atoms with Gasteiger partial charge in [0, 0.05) is 6.04 Å². The van der Waals surface area contributed by atoms with E-state index in [1.54, 1.807) is 0 Å². The molecule has 0 aromatic heterocycles. The molecule has 2 heterocycles. The summed E-state index contributed by atoms with van der Waals surface area (Å²) in [5.41, 5.74) is -0.326. The van der Waals surface area contributed by atoms with E-state index >= 15 is 0 Å². The Hall–Kier alpha value is -0.620. The van der Waals surface area contributed by atoms with Crippen LogP contribution in [0.1, 0.15) is 32.6 Å². The molecule has 0 aromatic carbocycles. The summed E-state index contributed by atoms with van der Waals surface area (Å²) >= 11 is 0. The Bertz CT molecular complexity index is 455. The molecule has 0 radical (unpaired) electrons. The van der Waals surface area contributed by atoms with E-state index in [1.165, 1.54) is 0 Å². The summed E-state index contributed by atoms with van der Waals surface area (Å²) in [6.45, 7) is 2.03. The fourth-order valence-electron chi connectivity index (χ4n) is 3.04. The molecule has 17 heavy (non-hydrogen) atoms. The topological polar surface area (TPSA) is 66.5 Å². The van der Waals surface area contributed by atoms with Crippen molar-refractivity contribution in [2.45, 2.75) is 50.4 Å². The number of rotatable bonds is 2. The third-order valence-corrected chi connectivity index (χ3v) is 5.91. The molecule has 1 spiro atoms. The molecule has 96 valence electrons. The van der Waals surface area contributed by atoms with Gasteiger partial charge in [-0.15, -0.1) is 0 Å². The predicted octanol–water partition coefficient (Wildman–Crippen LogP) is -0.126. The summed E-state index contributed by atoms with van der Waals surface area (Å²) in [5, 5.41) is 3.38. The Kier molecular flexibility index (Phi) is 2.32. The fourth-order valence-corrected chi connectivity index (χ4v) is 4.75. The molecule has 5 nitrogen and oxygen atoms in total. The van der Waals surface area contributed by atoms with Crippen LogP contribution in [0, 0.1) is 0 Å². The van der Waals surface area contributed by atoms with Gasteiger partial charge in [-0.25, -0.2) is 8.42 Å². The van der Waals surface area contributed by atoms with Gasteiger partial charge in [0.15, 0.2) is 9.84 Å². The predicted molar refractivity (Wildman–Crippen MR) is 63.1 cm³/mol. The minimum atomic E-state index is -2.93. The van der Waals surface area contributed by atoms with Gasteiger partial charge in [-0.1, -0.05) is 6.92 Å². The Labute approximate surface area is 101 Å². The largest absolute Gasteiger partial charge is 0.322 e. The molecule has 3 rings (SSSR count). The molecule has 6 heteroatoms. The average molecular weight is 258 g/mol. The number of hydrogen-bond donors (Lipinski definition) is 1. The second-order valence-electron chi connectivity index (χ2n) is 5.42. The summed E-state index contributed by atoms with van der Waals surface area (Å²) in [7, 11) is -2.93. The molecule has 2 aliphatic heterocycles. The summed E-state index contributed by atoms with van der Waals surface area (Å²) in [4.78, 5) is 14.1. The number of nitrogens with zero attached hydrogens (tertiary/aromatic N) is 1. The van der Waals surface area contributed by atoms with Crippen LogP contribution in [0.4, 0.5) is 0 Å². The zero-order valence-electron chi connectivity index (χ0n) is 9.98. The van der Waals surface area contributed by atoms with E-state index < -0.39 is 9.84 Å². The molecule has 3 fully saturated rings. The lowest BCUT2D eigenvalue weighted by atomic mass is 10.2. The van der Waals surface area contributed by atoms with Crippen molar-refractivity contribution >= 4 is 15.7 Å². The van der Waals surface area contributed by atoms with Crippen molar-refractivity contribution in [3.63, 3.8) is 0 Å². The maximum Gasteiger partial charge on any atom is 0.244 e. The Morgan fingerprint density at radius 3 is 2.65 bits per heavy atom. The Balaban J connectivity index is 1.84. The van der Waals surface area contributed by atoms with E-state index in [-0.39, 0.29) is 35.2 Å². The van der Waals surface area contributed by atoms with E-state index in [4.69, 9.17) is 0 Å². The summed E-state index contributed by atoms with van der Waals surface area (Å²) < 4.78 is 23.0. The third-order valence-electron chi connectivity index (χ3n) is 4.16. The first-order valence-corrected chi connectivity index (χ1v) is 8.10. The van der Waals surface area contributed by atoms with Gasteiger partial charge < -0.3 is 4.90 Å². The highest BCUT2D eigenvalue weighted by Gasteiger charge is 2.60. The molecular weight excluding hydrogens is 240 g/mol. The van der Waals surface area contributed by atoms with Crippen molar-refractivity contribution in [1.29, 1.82) is 0 Å². The highest BCUT2D eigenvalue weighted by molar-refractivity contribution is 7.91. The molecule has 0 bridgehead atoms. The monoisotopic (exact) mass is 258 g/mol. The SMILES string of the molecule is CCC1NC2(CC2)C(=O)N1C1CCS(=O)(=O)C1. The molecule has 2 unspecified atom stereocenters. The Morgan fingerprint density at radius 1 is 1.47 bits per heavy atom. The molecule has 1 N–H and O–H groups in total. The van der Waals surface area contributed by atoms with Gasteiger partial charge in [-0.3, -0.25) is 10.1 Å². The summed E-state index contributed by atoms with van der Waals surface area (Å²) in [6, 6.07) is -0.107. The van der Waals surface area contributed by atoms with E-state index in [1.807, 2.05) is 11.8 Å². The summed E-state index contributed by atoms with van der Waals surface area (Å²) in [6.07, 6.45) is 3.27. The van der Waals surface area contributed by atoms with Crippen LogP contribution in [-0.2, 0) is 14.6 Å². The van der Waals surface area contributed by atoms with Gasteiger partial charge in [0.2, 0.25) is 5.91 Å². The minimum Gasteiger partial charge on any atom is -0.322 e. The standard InChI is InChI=1S/C11H18N2O3S/c1-2-9-12-11(4-5-11)10(14)13(9)8-3-6-17(15,16)7-8/h8-9,12H,2-7H2,1H3. The van der Waals surface area contributed by atoms with Crippen LogP contribution >= 0.6 is 0 Å². The second-order valence-corrected chi connectivity index (χ2v) is 7.65. The van der Waals surface area contributed by atoms with Crippen molar-refractivity contribution in [1.82, 2.24) is 10.2 Å². The second kappa shape index (κ2) is 3.45. The molecule has 1 saturated carbocycles. The van der Waals surface area contributed by atoms with E-state index in [9.17, 15) is 13.2 Å². The van der Waals surface area contributed by atoms with E-state index in [0.29, 0.717) is 6.42 Å². The normalized spacial score (nSPS) is 37.9. The van der Waals surface area contributed by atoms with Gasteiger partial charge >= 0.3 is 0 Å². The molecule has 1 amide bonds. The Morgan fingerprint density at radius 2 is 2.18 bits per heavy atom. The zero-order chi connectivity index (χ0) is 12.3. The summed E-state index contributed by atoms with van der Waals surface area (Å²) in [5.74, 6) is 0.504. The molecule has 3 aliphatic rings. The number of carbonyl (C=O) groups is 1. The van der Waals surface area contributed by atoms with Crippen molar-refractivity contribution in [3.05, 3.63) is 0 Å². The van der Waals surface area contributed by atoms with E-state index in [0.717, 1.165) is 19.3 Å². The first-order chi connectivity index (χ1) is 7.97. The molecule has 1 aliphatic carbocycles. The fraction of sp³-hybridized carbons (Fsp3) is 0.909. The maximum absolute atomic E-state index is 12.3. The van der Waals surface area contributed by atoms with Gasteiger partial charge in [0.25, 0.3) is 0 Å². The number of hydrogen-bond acceptors (Lipinski definition) is 4. The number of nitrogens with one attached hydrogen (secondary N) is 1. The smallest absolute Gasteiger partial charge is 0.244 e. The lowest BCUT2D eigenvalue weighted by Crippen LogP contribution is -2.45. The highest BCUT2D eigenvalue weighted by atomic mass is 32.2. The van der Waals surface area contributed by atoms with Crippen molar-refractivity contribution < 1.29 is 13.2 Å². The number of carbonyl (C=O) groups excluding carboxylic acids is 1. The van der Waals surface area contributed by atoms with Gasteiger partial charge in [-0.2, -0.15) is 0 Å². The van der Waals surface area contributed by atoms with Crippen LogP contribution < -0.4 is 5.32 Å². The average Bonchev–Trinajstić information content (AvgIpc) is 2.88. The number of amides is 1. The molecule has 2 atom stereocenters. The quantitative estimate of drug-likeness (QED) is 0.749. The first kappa shape index (κ1) is 11.5. The van der Waals surface area contributed by atoms with Crippen LogP contribution in [-0.4, -0.2) is 48.5 Å². The highest BCUT2D eigenvalue weighted by Crippen LogP contribution is 2.44. The van der Waals surface area contributed by atoms with Crippen LogP contribution in [0.5, 0.6) is 0 Å². The van der Waals surface area contributed by atoms with Gasteiger partial charge in [0.1, 0.15) is 0 Å². The lowest BCUT2D eigenvalue weighted by molar-refractivity contribution is -0.132. The van der Waals surface area contributed by atoms with Crippen LogP contribution in [0.25, 0.3) is 0 Å². The minimum absolute atomic E-state index is 0.0308. The van der Waals surface area contributed by atoms with Crippen LogP contribution in [0.2, 0.25) is 0 Å². The first-order valence-electron chi connectivity index (χ1n) is 6.28. The molecule has 0 aromatic rings. The maximum atomic E-state index is 12.3. The van der Waals surface area contributed by atoms with E-state index in [2.05, 4.69) is 5.32 Å².